The molecule has 3 aliphatic rings. The molecule has 2 saturated heterocycles. The smallest absolute Gasteiger partial charge is 0.227 e. The fourth-order valence-corrected chi connectivity index (χ4v) is 3.68. The molecule has 8 heteroatoms. The first-order valence-electron chi connectivity index (χ1n) is 8.80. The van der Waals surface area contributed by atoms with Crippen molar-refractivity contribution in [3.8, 4) is 0 Å². The predicted octanol–water partition coefficient (Wildman–Crippen LogP) is 0.934. The molecular formula is C17H20N6O2. The maximum absolute atomic E-state index is 11.8. The van der Waals surface area contributed by atoms with Crippen LogP contribution in [0, 0.1) is 0 Å². The first kappa shape index (κ1) is 14.8. The van der Waals surface area contributed by atoms with Crippen LogP contribution in [-0.2, 0) is 22.6 Å². The van der Waals surface area contributed by atoms with E-state index in [-0.39, 0.29) is 5.91 Å². The van der Waals surface area contributed by atoms with Gasteiger partial charge in [0.1, 0.15) is 0 Å². The van der Waals surface area contributed by atoms with Gasteiger partial charge in [-0.2, -0.15) is 10.2 Å². The average molecular weight is 340 g/mol. The molecule has 0 aromatic carbocycles. The minimum atomic E-state index is 0.196. The second-order valence-electron chi connectivity index (χ2n) is 6.86. The Hall–Kier alpha value is -2.48. The molecule has 2 aromatic heterocycles. The Balaban J connectivity index is 1.26. The molecule has 0 spiro atoms. The van der Waals surface area contributed by atoms with Gasteiger partial charge in [-0.15, -0.1) is 5.10 Å². The van der Waals surface area contributed by atoms with Gasteiger partial charge in [0.25, 0.3) is 0 Å². The summed E-state index contributed by atoms with van der Waals surface area (Å²) in [6, 6.07) is 2.40. The number of ether oxygens (including phenoxy) is 1. The van der Waals surface area contributed by atoms with Crippen LogP contribution in [0.1, 0.15) is 30.1 Å². The minimum absolute atomic E-state index is 0.196. The predicted molar refractivity (Wildman–Crippen MR) is 90.5 cm³/mol. The highest BCUT2D eigenvalue weighted by molar-refractivity contribution is 5.95. The van der Waals surface area contributed by atoms with Gasteiger partial charge in [-0.1, -0.05) is 0 Å². The maximum Gasteiger partial charge on any atom is 0.227 e. The standard InChI is InChI=1S/C17H20N6O2/c24-17-2-1-4-22(17)13-7-18-23(10-13)14-8-21(9-14)16-6-12-11-25-5-3-15(12)19-20-16/h6-7,10,14H,1-5,8-9,11H2. The normalized spacial score (nSPS) is 20.7. The zero-order valence-corrected chi connectivity index (χ0v) is 14.0. The monoisotopic (exact) mass is 340 g/mol. The fraction of sp³-hybridized carbons (Fsp3) is 0.529. The second-order valence-corrected chi connectivity index (χ2v) is 6.86. The van der Waals surface area contributed by atoms with Crippen molar-refractivity contribution in [2.75, 3.05) is 36.0 Å². The van der Waals surface area contributed by atoms with E-state index in [1.54, 1.807) is 6.20 Å². The summed E-state index contributed by atoms with van der Waals surface area (Å²) in [7, 11) is 0. The number of amides is 1. The fourth-order valence-electron chi connectivity index (χ4n) is 3.68. The minimum Gasteiger partial charge on any atom is -0.376 e. The van der Waals surface area contributed by atoms with Crippen LogP contribution >= 0.6 is 0 Å². The molecule has 0 unspecified atom stereocenters. The van der Waals surface area contributed by atoms with E-state index >= 15 is 0 Å². The third kappa shape index (κ3) is 2.57. The van der Waals surface area contributed by atoms with Gasteiger partial charge in [0.2, 0.25) is 5.91 Å². The lowest BCUT2D eigenvalue weighted by Gasteiger charge is -2.40. The van der Waals surface area contributed by atoms with Gasteiger partial charge in [0.05, 0.1) is 36.8 Å². The first-order valence-corrected chi connectivity index (χ1v) is 8.80. The van der Waals surface area contributed by atoms with Crippen LogP contribution in [0.2, 0.25) is 0 Å². The lowest BCUT2D eigenvalue weighted by Crippen LogP contribution is -2.48. The zero-order valence-electron chi connectivity index (χ0n) is 14.0. The van der Waals surface area contributed by atoms with Crippen molar-refractivity contribution in [3.05, 3.63) is 29.7 Å². The molecular weight excluding hydrogens is 320 g/mol. The molecule has 8 nitrogen and oxygen atoms in total. The molecule has 2 aromatic rings. The lowest BCUT2D eigenvalue weighted by molar-refractivity contribution is -0.117. The molecule has 5 rings (SSSR count). The van der Waals surface area contributed by atoms with Crippen molar-refractivity contribution in [1.82, 2.24) is 20.0 Å². The molecule has 0 N–H and O–H groups in total. The van der Waals surface area contributed by atoms with Crippen LogP contribution in [0.3, 0.4) is 0 Å². The molecule has 0 bridgehead atoms. The van der Waals surface area contributed by atoms with E-state index in [0.29, 0.717) is 19.1 Å². The zero-order chi connectivity index (χ0) is 16.8. The molecule has 0 atom stereocenters. The van der Waals surface area contributed by atoms with Crippen LogP contribution in [0.25, 0.3) is 0 Å². The Morgan fingerprint density at radius 1 is 1.20 bits per heavy atom. The molecule has 1 amide bonds. The van der Waals surface area contributed by atoms with Crippen LogP contribution in [0.4, 0.5) is 11.5 Å². The molecule has 2 fully saturated rings. The number of aromatic nitrogens is 4. The molecule has 0 saturated carbocycles. The van der Waals surface area contributed by atoms with E-state index < -0.39 is 0 Å². The SMILES string of the molecule is O=C1CCCN1c1cnn(C2CN(c3cc4c(nn3)CCOC4)C2)c1. The van der Waals surface area contributed by atoms with E-state index in [4.69, 9.17) is 4.74 Å². The summed E-state index contributed by atoms with van der Waals surface area (Å²) >= 11 is 0. The van der Waals surface area contributed by atoms with Crippen molar-refractivity contribution < 1.29 is 9.53 Å². The van der Waals surface area contributed by atoms with E-state index in [0.717, 1.165) is 61.8 Å². The van der Waals surface area contributed by atoms with E-state index in [9.17, 15) is 4.79 Å². The highest BCUT2D eigenvalue weighted by Crippen LogP contribution is 2.29. The largest absolute Gasteiger partial charge is 0.376 e. The van der Waals surface area contributed by atoms with E-state index in [1.807, 2.05) is 15.8 Å². The number of hydrogen-bond acceptors (Lipinski definition) is 6. The summed E-state index contributed by atoms with van der Waals surface area (Å²) in [5.74, 6) is 1.10. The summed E-state index contributed by atoms with van der Waals surface area (Å²) < 4.78 is 7.47. The van der Waals surface area contributed by atoms with Crippen LogP contribution in [-0.4, -0.2) is 52.1 Å². The number of carbonyl (C=O) groups excluding carboxylic acids is 1. The van der Waals surface area contributed by atoms with Gasteiger partial charge in [-0.3, -0.25) is 9.48 Å². The van der Waals surface area contributed by atoms with Crippen molar-refractivity contribution >= 4 is 17.4 Å². The third-order valence-corrected chi connectivity index (χ3v) is 5.22. The third-order valence-electron chi connectivity index (χ3n) is 5.22. The van der Waals surface area contributed by atoms with Crippen molar-refractivity contribution in [2.45, 2.75) is 31.9 Å². The lowest BCUT2D eigenvalue weighted by atomic mass is 10.1. The highest BCUT2D eigenvalue weighted by Gasteiger charge is 2.32. The number of nitrogens with zero attached hydrogens (tertiary/aromatic N) is 6. The summed E-state index contributed by atoms with van der Waals surface area (Å²) in [6.07, 6.45) is 6.20. The molecule has 5 heterocycles. The van der Waals surface area contributed by atoms with Crippen LogP contribution in [0.15, 0.2) is 18.5 Å². The van der Waals surface area contributed by atoms with Gasteiger partial charge in [0.15, 0.2) is 5.82 Å². The Bertz CT molecular complexity index is 813. The molecule has 3 aliphatic heterocycles. The quantitative estimate of drug-likeness (QED) is 0.827. The molecule has 0 aliphatic carbocycles. The van der Waals surface area contributed by atoms with Gasteiger partial charge in [-0.05, 0) is 12.5 Å². The average Bonchev–Trinajstić information content (AvgIpc) is 3.22. The molecule has 0 radical (unpaired) electrons. The maximum atomic E-state index is 11.8. The molecule has 25 heavy (non-hydrogen) atoms. The summed E-state index contributed by atoms with van der Waals surface area (Å²) in [5.41, 5.74) is 3.11. The van der Waals surface area contributed by atoms with Gasteiger partial charge in [-0.25, -0.2) is 0 Å². The Labute approximate surface area is 145 Å². The van der Waals surface area contributed by atoms with Crippen molar-refractivity contribution in [1.29, 1.82) is 0 Å². The van der Waals surface area contributed by atoms with E-state index in [1.165, 1.54) is 0 Å². The summed E-state index contributed by atoms with van der Waals surface area (Å²) in [5, 5.41) is 13.2. The van der Waals surface area contributed by atoms with Crippen molar-refractivity contribution in [3.63, 3.8) is 0 Å². The summed E-state index contributed by atoms with van der Waals surface area (Å²) in [4.78, 5) is 15.9. The topological polar surface area (TPSA) is 76.4 Å². The van der Waals surface area contributed by atoms with Gasteiger partial charge >= 0.3 is 0 Å². The number of anilines is 2. The summed E-state index contributed by atoms with van der Waals surface area (Å²) in [6.45, 7) is 3.86. The number of fused-ring (bicyclic) bond motifs is 1. The van der Waals surface area contributed by atoms with Crippen LogP contribution < -0.4 is 9.80 Å². The number of rotatable bonds is 3. The second kappa shape index (κ2) is 5.80. The van der Waals surface area contributed by atoms with E-state index in [2.05, 4.69) is 26.3 Å². The molecule has 130 valence electrons. The van der Waals surface area contributed by atoms with Crippen molar-refractivity contribution in [2.24, 2.45) is 0 Å². The number of hydrogen-bond donors (Lipinski definition) is 0. The highest BCUT2D eigenvalue weighted by atomic mass is 16.5. The van der Waals surface area contributed by atoms with Crippen LogP contribution in [0.5, 0.6) is 0 Å². The van der Waals surface area contributed by atoms with Gasteiger partial charge in [0, 0.05) is 44.2 Å². The Morgan fingerprint density at radius 2 is 2.12 bits per heavy atom. The van der Waals surface area contributed by atoms with Gasteiger partial charge < -0.3 is 14.5 Å². The first-order chi connectivity index (χ1) is 12.3. The Morgan fingerprint density at radius 3 is 2.96 bits per heavy atom. The number of carbonyl (C=O) groups is 1. The Kier molecular flexibility index (Phi) is 3.44.